The predicted molar refractivity (Wildman–Crippen MR) is 85.0 cm³/mol. The van der Waals surface area contributed by atoms with E-state index in [0.717, 1.165) is 18.7 Å². The summed E-state index contributed by atoms with van der Waals surface area (Å²) in [5.74, 6) is -0.369. The topological polar surface area (TPSA) is 67.6 Å². The average molecular weight is 293 g/mol. The van der Waals surface area contributed by atoms with Crippen LogP contribution in [0.4, 0.5) is 0 Å². The molecule has 0 bridgehead atoms. The van der Waals surface area contributed by atoms with Crippen molar-refractivity contribution in [3.8, 4) is 0 Å². The quantitative estimate of drug-likeness (QED) is 0.630. The molecule has 0 radical (unpaired) electrons. The molecule has 5 nitrogen and oxygen atoms in total. The second-order valence-electron chi connectivity index (χ2n) is 4.95. The van der Waals surface area contributed by atoms with Crippen LogP contribution in [0.25, 0.3) is 0 Å². The van der Waals surface area contributed by atoms with E-state index >= 15 is 0 Å². The van der Waals surface area contributed by atoms with Crippen LogP contribution in [0.15, 0.2) is 30.3 Å². The van der Waals surface area contributed by atoms with Crippen molar-refractivity contribution in [1.29, 1.82) is 0 Å². The molecule has 5 heteroatoms. The van der Waals surface area contributed by atoms with Gasteiger partial charge in [0, 0.05) is 19.7 Å². The number of nitrogens with two attached hydrogens (primary N) is 1. The second-order valence-corrected chi connectivity index (χ2v) is 4.95. The summed E-state index contributed by atoms with van der Waals surface area (Å²) in [4.78, 5) is 14.3. The summed E-state index contributed by atoms with van der Waals surface area (Å²) in [6.45, 7) is 7.51. The number of nitrogens with one attached hydrogen (secondary N) is 1. The van der Waals surface area contributed by atoms with Crippen molar-refractivity contribution in [3.63, 3.8) is 0 Å². The highest BCUT2D eigenvalue weighted by molar-refractivity contribution is 5.86. The smallest absolute Gasteiger partial charge is 0.243 e. The maximum atomic E-state index is 12.1. The Labute approximate surface area is 127 Å². The van der Waals surface area contributed by atoms with Gasteiger partial charge in [-0.05, 0) is 26.1 Å². The van der Waals surface area contributed by atoms with Gasteiger partial charge in [-0.1, -0.05) is 37.3 Å². The molecule has 1 unspecified atom stereocenters. The SMILES string of the molecule is CCOCCN(CC)CC(NC)(C(N)=O)c1ccccc1. The zero-order valence-electron chi connectivity index (χ0n) is 13.3. The molecule has 1 amide bonds. The molecule has 0 aliphatic heterocycles. The summed E-state index contributed by atoms with van der Waals surface area (Å²) in [7, 11) is 1.77. The lowest BCUT2D eigenvalue weighted by atomic mass is 9.88. The number of hydrogen-bond donors (Lipinski definition) is 2. The molecule has 0 aromatic heterocycles. The van der Waals surface area contributed by atoms with Crippen molar-refractivity contribution in [2.45, 2.75) is 19.4 Å². The molecular weight excluding hydrogens is 266 g/mol. The standard InChI is InChI=1S/C16H27N3O2/c1-4-19(11-12-21-5-2)13-16(18-3,15(17)20)14-9-7-6-8-10-14/h6-10,18H,4-5,11-13H2,1-3H3,(H2,17,20). The number of rotatable bonds is 10. The summed E-state index contributed by atoms with van der Waals surface area (Å²) in [6.07, 6.45) is 0. The van der Waals surface area contributed by atoms with Gasteiger partial charge < -0.3 is 15.8 Å². The summed E-state index contributed by atoms with van der Waals surface area (Å²) in [5, 5.41) is 3.13. The van der Waals surface area contributed by atoms with Gasteiger partial charge in [-0.25, -0.2) is 0 Å². The molecule has 118 valence electrons. The lowest BCUT2D eigenvalue weighted by Gasteiger charge is -2.36. The fourth-order valence-electron chi connectivity index (χ4n) is 2.40. The molecule has 1 aromatic rings. The maximum absolute atomic E-state index is 12.1. The number of hydrogen-bond acceptors (Lipinski definition) is 4. The highest BCUT2D eigenvalue weighted by Gasteiger charge is 2.38. The largest absolute Gasteiger partial charge is 0.380 e. The highest BCUT2D eigenvalue weighted by Crippen LogP contribution is 2.22. The van der Waals surface area contributed by atoms with Gasteiger partial charge in [0.15, 0.2) is 0 Å². The number of primary amides is 1. The molecule has 3 N–H and O–H groups in total. The van der Waals surface area contributed by atoms with E-state index in [1.807, 2.05) is 37.3 Å². The van der Waals surface area contributed by atoms with Crippen molar-refractivity contribution >= 4 is 5.91 Å². The van der Waals surface area contributed by atoms with E-state index in [1.165, 1.54) is 0 Å². The van der Waals surface area contributed by atoms with Gasteiger partial charge in [0.05, 0.1) is 6.61 Å². The van der Waals surface area contributed by atoms with Crippen LogP contribution in [-0.2, 0) is 15.1 Å². The van der Waals surface area contributed by atoms with E-state index in [4.69, 9.17) is 10.5 Å². The van der Waals surface area contributed by atoms with E-state index in [2.05, 4.69) is 17.1 Å². The van der Waals surface area contributed by atoms with E-state index in [9.17, 15) is 4.79 Å². The first kappa shape index (κ1) is 17.6. The van der Waals surface area contributed by atoms with Gasteiger partial charge >= 0.3 is 0 Å². The minimum Gasteiger partial charge on any atom is -0.380 e. The van der Waals surface area contributed by atoms with Crippen molar-refractivity contribution < 1.29 is 9.53 Å². The lowest BCUT2D eigenvalue weighted by Crippen LogP contribution is -2.58. The molecule has 0 heterocycles. The fraction of sp³-hybridized carbons (Fsp3) is 0.562. The van der Waals surface area contributed by atoms with E-state index in [0.29, 0.717) is 19.8 Å². The first-order chi connectivity index (χ1) is 10.1. The first-order valence-corrected chi connectivity index (χ1v) is 7.45. The van der Waals surface area contributed by atoms with Crippen molar-refractivity contribution in [3.05, 3.63) is 35.9 Å². The number of ether oxygens (including phenoxy) is 1. The number of nitrogens with zero attached hydrogens (tertiary/aromatic N) is 1. The third kappa shape index (κ3) is 4.52. The van der Waals surface area contributed by atoms with Gasteiger partial charge in [0.25, 0.3) is 0 Å². The van der Waals surface area contributed by atoms with Crippen molar-refractivity contribution in [2.24, 2.45) is 5.73 Å². The summed E-state index contributed by atoms with van der Waals surface area (Å²) in [6, 6.07) is 9.62. The normalized spacial score (nSPS) is 14.1. The lowest BCUT2D eigenvalue weighted by molar-refractivity contribution is -0.125. The number of likely N-dealkylation sites (N-methyl/N-ethyl adjacent to an activating group) is 2. The Morgan fingerprint density at radius 3 is 2.48 bits per heavy atom. The van der Waals surface area contributed by atoms with Crippen LogP contribution in [0, 0.1) is 0 Å². The molecule has 0 aliphatic rings. The summed E-state index contributed by atoms with van der Waals surface area (Å²) < 4.78 is 5.40. The average Bonchev–Trinajstić information content (AvgIpc) is 2.51. The van der Waals surface area contributed by atoms with Crippen LogP contribution < -0.4 is 11.1 Å². The van der Waals surface area contributed by atoms with Gasteiger partial charge in [-0.2, -0.15) is 0 Å². The fourth-order valence-corrected chi connectivity index (χ4v) is 2.40. The molecule has 0 saturated carbocycles. The number of amides is 1. The monoisotopic (exact) mass is 293 g/mol. The molecule has 1 rings (SSSR count). The van der Waals surface area contributed by atoms with Gasteiger partial charge in [-0.15, -0.1) is 0 Å². The van der Waals surface area contributed by atoms with Crippen molar-refractivity contribution in [2.75, 3.05) is 39.9 Å². The Morgan fingerprint density at radius 1 is 1.33 bits per heavy atom. The summed E-state index contributed by atoms with van der Waals surface area (Å²) >= 11 is 0. The molecule has 21 heavy (non-hydrogen) atoms. The number of carbonyl (C=O) groups excluding carboxylic acids is 1. The summed E-state index contributed by atoms with van der Waals surface area (Å²) in [5.41, 5.74) is 5.71. The molecule has 0 saturated heterocycles. The predicted octanol–water partition coefficient (Wildman–Crippen LogP) is 0.945. The van der Waals surface area contributed by atoms with E-state index < -0.39 is 5.54 Å². The minimum absolute atomic E-state index is 0.369. The molecule has 1 atom stereocenters. The van der Waals surface area contributed by atoms with Crippen LogP contribution >= 0.6 is 0 Å². The van der Waals surface area contributed by atoms with E-state index in [-0.39, 0.29) is 5.91 Å². The molecule has 0 aliphatic carbocycles. The first-order valence-electron chi connectivity index (χ1n) is 7.45. The Hall–Kier alpha value is -1.43. The Morgan fingerprint density at radius 2 is 2.00 bits per heavy atom. The van der Waals surface area contributed by atoms with Crippen LogP contribution in [0.3, 0.4) is 0 Å². The second kappa shape index (κ2) is 8.77. The van der Waals surface area contributed by atoms with Crippen LogP contribution in [-0.4, -0.2) is 50.7 Å². The molecular formula is C16H27N3O2. The van der Waals surface area contributed by atoms with Gasteiger partial charge in [0.1, 0.15) is 5.54 Å². The molecule has 1 aromatic carbocycles. The molecule has 0 spiro atoms. The van der Waals surface area contributed by atoms with Crippen LogP contribution in [0.1, 0.15) is 19.4 Å². The van der Waals surface area contributed by atoms with Crippen LogP contribution in [0.2, 0.25) is 0 Å². The van der Waals surface area contributed by atoms with Crippen molar-refractivity contribution in [1.82, 2.24) is 10.2 Å². The third-order valence-corrected chi connectivity index (χ3v) is 3.78. The zero-order valence-corrected chi connectivity index (χ0v) is 13.3. The Balaban J connectivity index is 2.94. The van der Waals surface area contributed by atoms with E-state index in [1.54, 1.807) is 7.05 Å². The number of carbonyl (C=O) groups is 1. The Bertz CT molecular complexity index is 425. The van der Waals surface area contributed by atoms with Gasteiger partial charge in [0.2, 0.25) is 5.91 Å². The van der Waals surface area contributed by atoms with Crippen LogP contribution in [0.5, 0.6) is 0 Å². The minimum atomic E-state index is -0.885. The number of benzene rings is 1. The zero-order chi connectivity index (χ0) is 15.7. The Kier molecular flexibility index (Phi) is 7.36. The highest BCUT2D eigenvalue weighted by atomic mass is 16.5. The van der Waals surface area contributed by atoms with Gasteiger partial charge in [-0.3, -0.25) is 9.69 Å². The molecule has 0 fully saturated rings. The third-order valence-electron chi connectivity index (χ3n) is 3.78. The maximum Gasteiger partial charge on any atom is 0.243 e.